The fourth-order valence-corrected chi connectivity index (χ4v) is 2.71. The van der Waals surface area contributed by atoms with E-state index in [2.05, 4.69) is 5.32 Å². The lowest BCUT2D eigenvalue weighted by Crippen LogP contribution is -2.38. The van der Waals surface area contributed by atoms with Crippen molar-refractivity contribution in [2.45, 2.75) is 27.2 Å². The molecule has 0 saturated heterocycles. The van der Waals surface area contributed by atoms with Crippen LogP contribution in [0.25, 0.3) is 0 Å². The molecule has 1 N–H and O–H groups in total. The number of anilines is 1. The first kappa shape index (κ1) is 19.0. The van der Waals surface area contributed by atoms with Gasteiger partial charge < -0.3 is 10.2 Å². The molecule has 0 spiro atoms. The molecule has 0 fully saturated rings. The van der Waals surface area contributed by atoms with Crippen molar-refractivity contribution in [2.24, 2.45) is 0 Å². The maximum atomic E-state index is 12.3. The minimum absolute atomic E-state index is 0.0379. The lowest BCUT2D eigenvalue weighted by Gasteiger charge is -2.21. The third-order valence-electron chi connectivity index (χ3n) is 4.02. The Morgan fingerprint density at radius 3 is 2.36 bits per heavy atom. The van der Waals surface area contributed by atoms with Gasteiger partial charge in [0.15, 0.2) is 0 Å². The molecule has 2 rings (SSSR count). The summed E-state index contributed by atoms with van der Waals surface area (Å²) in [6, 6.07) is 13.3. The van der Waals surface area contributed by atoms with Crippen molar-refractivity contribution in [3.05, 3.63) is 64.2 Å². The molecule has 0 aliphatic rings. The van der Waals surface area contributed by atoms with Crippen molar-refractivity contribution >= 4 is 29.1 Å². The number of hydrogen-bond acceptors (Lipinski definition) is 2. The molecule has 2 aromatic carbocycles. The number of carbonyl (C=O) groups excluding carboxylic acids is 2. The summed E-state index contributed by atoms with van der Waals surface area (Å²) < 4.78 is 0. The Morgan fingerprint density at radius 2 is 1.76 bits per heavy atom. The molecule has 0 aliphatic carbocycles. The van der Waals surface area contributed by atoms with Crippen molar-refractivity contribution in [3.8, 4) is 0 Å². The maximum absolute atomic E-state index is 12.3. The zero-order valence-corrected chi connectivity index (χ0v) is 15.6. The van der Waals surface area contributed by atoms with Crippen molar-refractivity contribution in [3.63, 3.8) is 0 Å². The van der Waals surface area contributed by atoms with Gasteiger partial charge in [-0.3, -0.25) is 9.59 Å². The number of halogens is 1. The number of amides is 2. The molecule has 0 heterocycles. The van der Waals surface area contributed by atoms with Gasteiger partial charge in [-0.15, -0.1) is 0 Å². The van der Waals surface area contributed by atoms with Crippen LogP contribution in [0.5, 0.6) is 0 Å². The quantitative estimate of drug-likeness (QED) is 0.848. The molecule has 0 unspecified atom stereocenters. The van der Waals surface area contributed by atoms with Crippen molar-refractivity contribution in [1.82, 2.24) is 4.90 Å². The lowest BCUT2D eigenvalue weighted by atomic mass is 10.1. The van der Waals surface area contributed by atoms with Gasteiger partial charge in [-0.05, 0) is 49.6 Å². The van der Waals surface area contributed by atoms with E-state index in [1.165, 1.54) is 6.92 Å². The Labute approximate surface area is 153 Å². The fraction of sp³-hybridized carbons (Fsp3) is 0.300. The van der Waals surface area contributed by atoms with Crippen LogP contribution in [0.1, 0.15) is 23.6 Å². The van der Waals surface area contributed by atoms with Crippen LogP contribution >= 0.6 is 11.6 Å². The van der Waals surface area contributed by atoms with Gasteiger partial charge in [0.05, 0.1) is 6.54 Å². The number of rotatable bonds is 6. The van der Waals surface area contributed by atoms with Crippen LogP contribution in [0.2, 0.25) is 5.02 Å². The topological polar surface area (TPSA) is 49.4 Å². The molecule has 0 saturated carbocycles. The third kappa shape index (κ3) is 5.91. The number of nitrogens with zero attached hydrogens (tertiary/aromatic N) is 1. The average Bonchev–Trinajstić information content (AvgIpc) is 2.55. The van der Waals surface area contributed by atoms with Crippen LogP contribution in [0.3, 0.4) is 0 Å². The van der Waals surface area contributed by atoms with Crippen LogP contribution < -0.4 is 5.32 Å². The highest BCUT2D eigenvalue weighted by molar-refractivity contribution is 6.30. The van der Waals surface area contributed by atoms with Gasteiger partial charge >= 0.3 is 0 Å². The van der Waals surface area contributed by atoms with Gasteiger partial charge in [0.2, 0.25) is 11.8 Å². The average molecular weight is 359 g/mol. The Hall–Kier alpha value is -2.33. The maximum Gasteiger partial charge on any atom is 0.244 e. The van der Waals surface area contributed by atoms with E-state index in [1.807, 2.05) is 56.3 Å². The first-order valence-corrected chi connectivity index (χ1v) is 8.60. The van der Waals surface area contributed by atoms with E-state index in [0.717, 1.165) is 22.4 Å². The highest BCUT2D eigenvalue weighted by Crippen LogP contribution is 2.16. The number of nitrogens with one attached hydrogen (secondary N) is 1. The second kappa shape index (κ2) is 8.67. The second-order valence-electron chi connectivity index (χ2n) is 6.18. The summed E-state index contributed by atoms with van der Waals surface area (Å²) in [5, 5.41) is 3.56. The summed E-state index contributed by atoms with van der Waals surface area (Å²) >= 11 is 5.88. The summed E-state index contributed by atoms with van der Waals surface area (Å²) in [6.45, 7) is 5.96. The first-order chi connectivity index (χ1) is 11.8. The number of aryl methyl sites for hydroxylation is 2. The molecule has 2 aromatic rings. The lowest BCUT2D eigenvalue weighted by molar-refractivity contribution is -0.132. The summed E-state index contributed by atoms with van der Waals surface area (Å²) in [7, 11) is 0. The van der Waals surface area contributed by atoms with Gasteiger partial charge in [-0.25, -0.2) is 0 Å². The van der Waals surface area contributed by atoms with E-state index in [-0.39, 0.29) is 18.4 Å². The molecule has 0 aromatic heterocycles. The Bertz CT molecular complexity index is 757. The molecular weight excluding hydrogens is 336 g/mol. The number of benzene rings is 2. The van der Waals surface area contributed by atoms with Crippen molar-refractivity contribution in [2.75, 3.05) is 18.4 Å². The molecule has 0 bridgehead atoms. The summed E-state index contributed by atoms with van der Waals surface area (Å²) in [5.74, 6) is -0.317. The molecule has 4 nitrogen and oxygen atoms in total. The normalized spacial score (nSPS) is 10.4. The van der Waals surface area contributed by atoms with Gasteiger partial charge in [0.25, 0.3) is 0 Å². The van der Waals surface area contributed by atoms with Crippen molar-refractivity contribution in [1.29, 1.82) is 0 Å². The van der Waals surface area contributed by atoms with Gasteiger partial charge in [-0.1, -0.05) is 41.4 Å². The fourth-order valence-electron chi connectivity index (χ4n) is 2.58. The summed E-state index contributed by atoms with van der Waals surface area (Å²) in [6.07, 6.45) is 0.674. The predicted octanol–water partition coefficient (Wildman–Crippen LogP) is 3.99. The van der Waals surface area contributed by atoms with E-state index in [0.29, 0.717) is 18.0 Å². The molecule has 2 amide bonds. The minimum Gasteiger partial charge on any atom is -0.333 e. The molecule has 0 aliphatic heterocycles. The minimum atomic E-state index is -0.196. The Morgan fingerprint density at radius 1 is 1.08 bits per heavy atom. The van der Waals surface area contributed by atoms with Crippen LogP contribution in [0, 0.1) is 13.8 Å². The molecular formula is C20H23ClN2O2. The molecule has 5 heteroatoms. The zero-order valence-electron chi connectivity index (χ0n) is 14.8. The van der Waals surface area contributed by atoms with E-state index in [9.17, 15) is 9.59 Å². The van der Waals surface area contributed by atoms with Crippen LogP contribution in [-0.2, 0) is 16.0 Å². The standard InChI is InChI=1S/C20H23ClN2O2/c1-14-4-9-19(15(2)12-14)22-20(25)13-23(16(3)24)11-10-17-5-7-18(21)8-6-17/h4-9,12H,10-11,13H2,1-3H3,(H,22,25). The summed E-state index contributed by atoms with van der Waals surface area (Å²) in [4.78, 5) is 25.7. The van der Waals surface area contributed by atoms with Crippen LogP contribution in [0.15, 0.2) is 42.5 Å². The number of carbonyl (C=O) groups is 2. The SMILES string of the molecule is CC(=O)N(CCc1ccc(Cl)cc1)CC(=O)Nc1ccc(C)cc1C. The first-order valence-electron chi connectivity index (χ1n) is 8.22. The van der Waals surface area contributed by atoms with Crippen LogP contribution in [0.4, 0.5) is 5.69 Å². The smallest absolute Gasteiger partial charge is 0.244 e. The molecule has 132 valence electrons. The van der Waals surface area contributed by atoms with Crippen molar-refractivity contribution < 1.29 is 9.59 Å². The molecule has 0 atom stereocenters. The van der Waals surface area contributed by atoms with E-state index in [4.69, 9.17) is 11.6 Å². The van der Waals surface area contributed by atoms with Crippen LogP contribution in [-0.4, -0.2) is 29.8 Å². The van der Waals surface area contributed by atoms with E-state index < -0.39 is 0 Å². The van der Waals surface area contributed by atoms with E-state index in [1.54, 1.807) is 4.90 Å². The second-order valence-corrected chi connectivity index (χ2v) is 6.62. The molecule has 25 heavy (non-hydrogen) atoms. The molecule has 0 radical (unpaired) electrons. The Kier molecular flexibility index (Phi) is 6.59. The highest BCUT2D eigenvalue weighted by Gasteiger charge is 2.14. The predicted molar refractivity (Wildman–Crippen MR) is 102 cm³/mol. The highest BCUT2D eigenvalue weighted by atomic mass is 35.5. The largest absolute Gasteiger partial charge is 0.333 e. The summed E-state index contributed by atoms with van der Waals surface area (Å²) in [5.41, 5.74) is 4.00. The van der Waals surface area contributed by atoms with E-state index >= 15 is 0 Å². The van der Waals surface area contributed by atoms with Gasteiger partial charge in [-0.2, -0.15) is 0 Å². The third-order valence-corrected chi connectivity index (χ3v) is 4.27. The van der Waals surface area contributed by atoms with Gasteiger partial charge in [0, 0.05) is 24.2 Å². The number of hydrogen-bond donors (Lipinski definition) is 1. The Balaban J connectivity index is 1.94. The zero-order chi connectivity index (χ0) is 18.4. The monoisotopic (exact) mass is 358 g/mol. The van der Waals surface area contributed by atoms with Gasteiger partial charge in [0.1, 0.15) is 0 Å².